The number of benzene rings is 1. The van der Waals surface area contributed by atoms with E-state index in [-0.39, 0.29) is 0 Å². The summed E-state index contributed by atoms with van der Waals surface area (Å²) < 4.78 is 0.979. The lowest BCUT2D eigenvalue weighted by molar-refractivity contribution is 0.198. The summed E-state index contributed by atoms with van der Waals surface area (Å²) in [5.74, 6) is 0.644. The van der Waals surface area contributed by atoms with Gasteiger partial charge in [0.15, 0.2) is 0 Å². The molecule has 0 fully saturated rings. The maximum absolute atomic E-state index is 9.59. The molecular weight excluding hydrogens is 278 g/mol. The number of nitrogens with zero attached hydrogens (tertiary/aromatic N) is 1. The highest BCUT2D eigenvalue weighted by Crippen LogP contribution is 2.28. The Kier molecular flexibility index (Phi) is 5.47. The minimum atomic E-state index is -0.432. The molecule has 0 aliphatic heterocycles. The molecule has 3 heteroatoms. The number of hydrogen-bond donors (Lipinski definition) is 1. The van der Waals surface area contributed by atoms with Crippen LogP contribution in [0.5, 0.6) is 0 Å². The molecule has 17 heavy (non-hydrogen) atoms. The zero-order valence-corrected chi connectivity index (χ0v) is 12.7. The number of rotatable bonds is 5. The van der Waals surface area contributed by atoms with Crippen LogP contribution in [0, 0.1) is 5.92 Å². The Morgan fingerprint density at radius 2 is 1.94 bits per heavy atom. The van der Waals surface area contributed by atoms with Gasteiger partial charge in [-0.25, -0.2) is 0 Å². The van der Waals surface area contributed by atoms with Crippen molar-refractivity contribution in [3.63, 3.8) is 0 Å². The third-order valence-electron chi connectivity index (χ3n) is 2.77. The molecule has 0 saturated heterocycles. The van der Waals surface area contributed by atoms with E-state index < -0.39 is 6.10 Å². The molecule has 1 rings (SSSR count). The monoisotopic (exact) mass is 299 g/mol. The molecule has 2 nitrogen and oxygen atoms in total. The van der Waals surface area contributed by atoms with Gasteiger partial charge in [-0.2, -0.15) is 0 Å². The predicted molar refractivity (Wildman–Crippen MR) is 77.5 cm³/mol. The van der Waals surface area contributed by atoms with Crippen molar-refractivity contribution in [1.29, 1.82) is 0 Å². The molecule has 0 heterocycles. The van der Waals surface area contributed by atoms with Crippen LogP contribution in [0.4, 0.5) is 5.69 Å². The second kappa shape index (κ2) is 6.41. The molecule has 1 aromatic carbocycles. The second-order valence-corrected chi connectivity index (χ2v) is 5.67. The van der Waals surface area contributed by atoms with E-state index in [4.69, 9.17) is 0 Å². The van der Waals surface area contributed by atoms with Crippen LogP contribution in [0.1, 0.15) is 39.4 Å². The molecule has 0 radical (unpaired) electrons. The average Bonchev–Trinajstić information content (AvgIpc) is 2.24. The van der Waals surface area contributed by atoms with E-state index in [1.165, 1.54) is 5.69 Å². The summed E-state index contributed by atoms with van der Waals surface area (Å²) >= 11 is 3.52. The second-order valence-electron chi connectivity index (χ2n) is 4.81. The smallest absolute Gasteiger partial charge is 0.0772 e. The molecule has 0 spiro atoms. The van der Waals surface area contributed by atoms with Crippen LogP contribution in [-0.4, -0.2) is 18.2 Å². The minimum Gasteiger partial charge on any atom is -0.389 e. The van der Waals surface area contributed by atoms with E-state index in [0.29, 0.717) is 5.92 Å². The van der Waals surface area contributed by atoms with Crippen molar-refractivity contribution in [2.24, 2.45) is 5.92 Å². The average molecular weight is 300 g/mol. The number of hydrogen-bond acceptors (Lipinski definition) is 2. The van der Waals surface area contributed by atoms with E-state index in [1.54, 1.807) is 6.92 Å². The number of aliphatic hydroxyl groups excluding tert-OH is 1. The molecule has 0 bridgehead atoms. The van der Waals surface area contributed by atoms with Crippen molar-refractivity contribution < 1.29 is 5.11 Å². The van der Waals surface area contributed by atoms with Crippen LogP contribution in [0.2, 0.25) is 0 Å². The molecule has 0 amide bonds. The molecule has 0 aliphatic rings. The summed E-state index contributed by atoms with van der Waals surface area (Å²) in [4.78, 5) is 2.35. The number of halogens is 1. The Morgan fingerprint density at radius 3 is 2.35 bits per heavy atom. The van der Waals surface area contributed by atoms with Crippen molar-refractivity contribution in [3.8, 4) is 0 Å². The topological polar surface area (TPSA) is 23.5 Å². The Labute approximate surface area is 113 Å². The fraction of sp³-hybridized carbons (Fsp3) is 0.571. The van der Waals surface area contributed by atoms with E-state index in [2.05, 4.69) is 53.7 Å². The van der Waals surface area contributed by atoms with Gasteiger partial charge in [-0.05, 0) is 37.5 Å². The van der Waals surface area contributed by atoms with Gasteiger partial charge in [0.1, 0.15) is 0 Å². The zero-order valence-electron chi connectivity index (χ0n) is 11.1. The zero-order chi connectivity index (χ0) is 13.0. The number of aliphatic hydroxyl groups is 1. The minimum absolute atomic E-state index is 0.432. The van der Waals surface area contributed by atoms with Gasteiger partial charge in [0.2, 0.25) is 0 Å². The first-order chi connectivity index (χ1) is 7.95. The fourth-order valence-electron chi connectivity index (χ4n) is 1.91. The van der Waals surface area contributed by atoms with Crippen molar-refractivity contribution in [3.05, 3.63) is 28.2 Å². The van der Waals surface area contributed by atoms with Gasteiger partial charge in [0.05, 0.1) is 6.10 Å². The van der Waals surface area contributed by atoms with Crippen molar-refractivity contribution >= 4 is 21.6 Å². The van der Waals surface area contributed by atoms with Crippen molar-refractivity contribution in [2.45, 2.75) is 33.8 Å². The molecule has 96 valence electrons. The van der Waals surface area contributed by atoms with Gasteiger partial charge >= 0.3 is 0 Å². The highest BCUT2D eigenvalue weighted by Gasteiger charge is 2.11. The summed E-state index contributed by atoms with van der Waals surface area (Å²) in [6.45, 7) is 10.4. The lowest BCUT2D eigenvalue weighted by atomic mass is 10.1. The summed E-state index contributed by atoms with van der Waals surface area (Å²) in [6.07, 6.45) is -0.432. The maximum Gasteiger partial charge on any atom is 0.0772 e. The van der Waals surface area contributed by atoms with Gasteiger partial charge in [-0.1, -0.05) is 35.8 Å². The molecule has 0 aliphatic carbocycles. The predicted octanol–water partition coefficient (Wildman–Crippen LogP) is 3.98. The van der Waals surface area contributed by atoms with Gasteiger partial charge in [0.25, 0.3) is 0 Å². The van der Waals surface area contributed by atoms with Crippen LogP contribution in [0.15, 0.2) is 22.7 Å². The molecule has 1 N–H and O–H groups in total. The van der Waals surface area contributed by atoms with Gasteiger partial charge in [-0.3, -0.25) is 0 Å². The molecule has 0 saturated carbocycles. The van der Waals surface area contributed by atoms with Crippen LogP contribution < -0.4 is 4.90 Å². The van der Waals surface area contributed by atoms with Crippen LogP contribution in [0.3, 0.4) is 0 Å². The first-order valence-corrected chi connectivity index (χ1v) is 6.97. The summed E-state index contributed by atoms with van der Waals surface area (Å²) in [6, 6.07) is 6.17. The van der Waals surface area contributed by atoms with E-state index >= 15 is 0 Å². The highest BCUT2D eigenvalue weighted by atomic mass is 79.9. The molecular formula is C14H22BrNO. The normalized spacial score (nSPS) is 12.9. The van der Waals surface area contributed by atoms with Crippen molar-refractivity contribution in [2.75, 3.05) is 18.0 Å². The Bertz CT molecular complexity index is 363. The SMILES string of the molecule is CCN(CC(C)C)c1ccc([C@@H](C)O)c(Br)c1. The highest BCUT2D eigenvalue weighted by molar-refractivity contribution is 9.10. The van der Waals surface area contributed by atoms with Gasteiger partial charge in [0, 0.05) is 23.2 Å². The Balaban J connectivity index is 2.94. The first kappa shape index (κ1) is 14.5. The van der Waals surface area contributed by atoms with Gasteiger partial charge < -0.3 is 10.0 Å². The van der Waals surface area contributed by atoms with E-state index in [0.717, 1.165) is 23.1 Å². The number of anilines is 1. The lowest BCUT2D eigenvalue weighted by Crippen LogP contribution is -2.27. The Hall–Kier alpha value is -0.540. The standard InChI is InChI=1S/C14H22BrNO/c1-5-16(9-10(2)3)12-6-7-13(11(4)17)14(15)8-12/h6-8,10-11,17H,5,9H2,1-4H3/t11-/m1/s1. The fourth-order valence-corrected chi connectivity index (χ4v) is 2.61. The summed E-state index contributed by atoms with van der Waals surface area (Å²) in [7, 11) is 0. The summed E-state index contributed by atoms with van der Waals surface area (Å²) in [5.41, 5.74) is 2.15. The summed E-state index contributed by atoms with van der Waals surface area (Å²) in [5, 5.41) is 9.59. The van der Waals surface area contributed by atoms with Crippen molar-refractivity contribution in [1.82, 2.24) is 0 Å². The van der Waals surface area contributed by atoms with E-state index in [9.17, 15) is 5.11 Å². The maximum atomic E-state index is 9.59. The Morgan fingerprint density at radius 1 is 1.29 bits per heavy atom. The molecule has 0 aromatic heterocycles. The lowest BCUT2D eigenvalue weighted by Gasteiger charge is -2.26. The van der Waals surface area contributed by atoms with Crippen LogP contribution in [-0.2, 0) is 0 Å². The van der Waals surface area contributed by atoms with E-state index in [1.807, 2.05) is 6.07 Å². The van der Waals surface area contributed by atoms with Crippen LogP contribution in [0.25, 0.3) is 0 Å². The third-order valence-corrected chi connectivity index (χ3v) is 3.45. The van der Waals surface area contributed by atoms with Crippen LogP contribution >= 0.6 is 15.9 Å². The first-order valence-electron chi connectivity index (χ1n) is 6.18. The van der Waals surface area contributed by atoms with Gasteiger partial charge in [-0.15, -0.1) is 0 Å². The largest absolute Gasteiger partial charge is 0.389 e. The molecule has 1 atom stereocenters. The quantitative estimate of drug-likeness (QED) is 0.889. The molecule has 1 aromatic rings. The molecule has 0 unspecified atom stereocenters. The third kappa shape index (κ3) is 4.00.